The number of halogens is 5. The zero-order valence-electron chi connectivity index (χ0n) is 18.7. The smallest absolute Gasteiger partial charge is 0.348 e. The van der Waals surface area contributed by atoms with E-state index >= 15 is 0 Å². The van der Waals surface area contributed by atoms with Crippen LogP contribution in [-0.2, 0) is 15.9 Å². The van der Waals surface area contributed by atoms with Crippen molar-refractivity contribution in [1.82, 2.24) is 20.1 Å². The van der Waals surface area contributed by atoms with E-state index in [9.17, 15) is 27.0 Å². The SMILES string of the molecule is Cc1cc(Cl)cc(C(=O)NCC=S(C)(N)=O)c1NC(=O)c1cc(C(F)(F)F)nn1-c1ncccc1Cl. The quantitative estimate of drug-likeness (QED) is 0.396. The van der Waals surface area contributed by atoms with E-state index in [-0.39, 0.29) is 33.7 Å². The number of carbonyl (C=O) groups is 2. The second-order valence-corrected chi connectivity index (χ2v) is 10.7. The highest BCUT2D eigenvalue weighted by atomic mass is 35.5. The van der Waals surface area contributed by atoms with Crippen LogP contribution in [0, 0.1) is 6.92 Å². The number of aromatic nitrogens is 3. The van der Waals surface area contributed by atoms with Gasteiger partial charge in [-0.1, -0.05) is 23.2 Å². The molecule has 2 heterocycles. The highest BCUT2D eigenvalue weighted by Crippen LogP contribution is 2.31. The summed E-state index contributed by atoms with van der Waals surface area (Å²) in [5.41, 5.74) is -1.63. The third kappa shape index (κ3) is 6.55. The highest BCUT2D eigenvalue weighted by Gasteiger charge is 2.36. The molecule has 0 fully saturated rings. The molecule has 0 radical (unpaired) electrons. The number of pyridine rings is 1. The number of nitrogens with zero attached hydrogens (tertiary/aromatic N) is 3. The van der Waals surface area contributed by atoms with Gasteiger partial charge in [-0.15, -0.1) is 0 Å². The highest BCUT2D eigenvalue weighted by molar-refractivity contribution is 7.98. The topological polar surface area (TPSA) is 132 Å². The number of amides is 2. The van der Waals surface area contributed by atoms with Crippen LogP contribution in [0.5, 0.6) is 0 Å². The van der Waals surface area contributed by atoms with Gasteiger partial charge in [-0.25, -0.2) is 9.67 Å². The van der Waals surface area contributed by atoms with Gasteiger partial charge in [0.2, 0.25) is 0 Å². The molecule has 15 heteroatoms. The second-order valence-electron chi connectivity index (χ2n) is 7.58. The second kappa shape index (κ2) is 10.5. The molecule has 192 valence electrons. The number of alkyl halides is 3. The zero-order chi connectivity index (χ0) is 26.8. The van der Waals surface area contributed by atoms with Gasteiger partial charge in [-0.05, 0) is 36.8 Å². The first-order valence-electron chi connectivity index (χ1n) is 9.95. The Bertz CT molecular complexity index is 1460. The predicted octanol–water partition coefficient (Wildman–Crippen LogP) is 3.47. The van der Waals surface area contributed by atoms with Gasteiger partial charge in [0.1, 0.15) is 5.69 Å². The molecule has 9 nitrogen and oxygen atoms in total. The number of anilines is 1. The molecule has 0 saturated carbocycles. The molecule has 0 saturated heterocycles. The van der Waals surface area contributed by atoms with Gasteiger partial charge >= 0.3 is 6.18 Å². The maximum Gasteiger partial charge on any atom is 0.435 e. The van der Waals surface area contributed by atoms with E-state index in [4.69, 9.17) is 28.3 Å². The minimum atomic E-state index is -4.86. The number of hydrogen-bond acceptors (Lipinski definition) is 5. The fourth-order valence-electron chi connectivity index (χ4n) is 3.04. The third-order valence-electron chi connectivity index (χ3n) is 4.63. The molecule has 36 heavy (non-hydrogen) atoms. The van der Waals surface area contributed by atoms with E-state index in [1.807, 2.05) is 0 Å². The number of benzene rings is 1. The van der Waals surface area contributed by atoms with Crippen LogP contribution in [0.15, 0.2) is 36.5 Å². The maximum atomic E-state index is 13.4. The van der Waals surface area contributed by atoms with Crippen molar-refractivity contribution in [2.45, 2.75) is 13.1 Å². The summed E-state index contributed by atoms with van der Waals surface area (Å²) in [6.45, 7) is 1.39. The van der Waals surface area contributed by atoms with Crippen LogP contribution in [0.3, 0.4) is 0 Å². The summed E-state index contributed by atoms with van der Waals surface area (Å²) in [5.74, 6) is -1.93. The van der Waals surface area contributed by atoms with E-state index in [0.717, 1.165) is 0 Å². The summed E-state index contributed by atoms with van der Waals surface area (Å²) in [6.07, 6.45) is -2.31. The molecule has 0 aliphatic rings. The van der Waals surface area contributed by atoms with Gasteiger partial charge in [-0.3, -0.25) is 18.9 Å². The monoisotopic (exact) mass is 562 g/mol. The number of carbonyl (C=O) groups excluding carboxylic acids is 2. The minimum Gasteiger partial charge on any atom is -0.348 e. The zero-order valence-corrected chi connectivity index (χ0v) is 21.0. The largest absolute Gasteiger partial charge is 0.435 e. The molecule has 0 bridgehead atoms. The Hall–Kier alpha value is -3.13. The standard InChI is InChI=1S/C21H19Cl2F3N6O3S/c1-11-8-12(22)9-13(19(33)29-6-7-36(2,27)35)17(11)30-20(34)15-10-16(21(24,25)26)31-32(15)18-14(23)4-3-5-28-18/h3-5,7-10H,6H2,1-2H3,(H2,27,35)(H,29,33)(H,30,34). The van der Waals surface area contributed by atoms with E-state index in [0.29, 0.717) is 16.3 Å². The van der Waals surface area contributed by atoms with Gasteiger partial charge in [0.25, 0.3) is 11.8 Å². The van der Waals surface area contributed by atoms with Gasteiger partial charge in [0.05, 0.1) is 16.3 Å². The van der Waals surface area contributed by atoms with E-state index in [2.05, 4.69) is 20.7 Å². The van der Waals surface area contributed by atoms with Crippen LogP contribution in [0.2, 0.25) is 10.0 Å². The van der Waals surface area contributed by atoms with Crippen LogP contribution >= 0.6 is 23.2 Å². The lowest BCUT2D eigenvalue weighted by atomic mass is 10.1. The molecule has 1 atom stereocenters. The molecular formula is C21H19Cl2F3N6O3S. The molecule has 1 unspecified atom stereocenters. The van der Waals surface area contributed by atoms with E-state index < -0.39 is 39.1 Å². The molecule has 2 amide bonds. The summed E-state index contributed by atoms with van der Waals surface area (Å²) in [6, 6.07) is 6.09. The first-order valence-corrected chi connectivity index (χ1v) is 12.8. The Morgan fingerprint density at radius 2 is 1.92 bits per heavy atom. The molecule has 0 spiro atoms. The molecule has 1 aromatic carbocycles. The summed E-state index contributed by atoms with van der Waals surface area (Å²) in [5, 5.41) is 15.1. The maximum absolute atomic E-state index is 13.4. The predicted molar refractivity (Wildman–Crippen MR) is 132 cm³/mol. The van der Waals surface area contributed by atoms with Gasteiger partial charge in [-0.2, -0.15) is 18.3 Å². The van der Waals surface area contributed by atoms with Gasteiger partial charge in [0, 0.05) is 45.2 Å². The van der Waals surface area contributed by atoms with E-state index in [1.54, 1.807) is 0 Å². The lowest BCUT2D eigenvalue weighted by Gasteiger charge is -2.15. The average molecular weight is 563 g/mol. The molecule has 2 aromatic heterocycles. The normalized spacial score (nSPS) is 13.1. The Morgan fingerprint density at radius 1 is 1.22 bits per heavy atom. The van der Waals surface area contributed by atoms with Crippen molar-refractivity contribution in [3.63, 3.8) is 0 Å². The van der Waals surface area contributed by atoms with Crippen molar-refractivity contribution in [2.24, 2.45) is 5.14 Å². The number of nitrogens with one attached hydrogen (secondary N) is 2. The Labute approximate surface area is 213 Å². The van der Waals surface area contributed by atoms with Crippen molar-refractivity contribution in [3.05, 3.63) is 69.1 Å². The van der Waals surface area contributed by atoms with Crippen molar-refractivity contribution >= 4 is 55.8 Å². The summed E-state index contributed by atoms with van der Waals surface area (Å²) < 4.78 is 52.5. The van der Waals surface area contributed by atoms with E-state index in [1.165, 1.54) is 49.0 Å². The van der Waals surface area contributed by atoms with Crippen LogP contribution in [0.1, 0.15) is 32.1 Å². The van der Waals surface area contributed by atoms with Gasteiger partial charge < -0.3 is 10.6 Å². The molecule has 3 rings (SSSR count). The number of hydrogen-bond donors (Lipinski definition) is 3. The summed E-state index contributed by atoms with van der Waals surface area (Å²) in [4.78, 5) is 29.9. The molecule has 0 aliphatic heterocycles. The van der Waals surface area contributed by atoms with Crippen molar-refractivity contribution in [3.8, 4) is 5.82 Å². The average Bonchev–Trinajstić information content (AvgIpc) is 3.20. The molecule has 3 aromatic rings. The van der Waals surface area contributed by atoms with Crippen LogP contribution in [-0.4, -0.2) is 49.0 Å². The third-order valence-corrected chi connectivity index (χ3v) is 5.97. The van der Waals surface area contributed by atoms with Crippen molar-refractivity contribution in [2.75, 3.05) is 18.1 Å². The number of aryl methyl sites for hydroxylation is 1. The van der Waals surface area contributed by atoms with Crippen LogP contribution in [0.4, 0.5) is 18.9 Å². The Morgan fingerprint density at radius 3 is 2.53 bits per heavy atom. The molecule has 4 N–H and O–H groups in total. The minimum absolute atomic E-state index is 0.0136. The van der Waals surface area contributed by atoms with Gasteiger partial charge in [0.15, 0.2) is 11.5 Å². The fourth-order valence-corrected chi connectivity index (χ4v) is 3.93. The van der Waals surface area contributed by atoms with Crippen LogP contribution in [0.25, 0.3) is 5.82 Å². The lowest BCUT2D eigenvalue weighted by Crippen LogP contribution is -2.29. The summed E-state index contributed by atoms with van der Waals surface area (Å²) in [7, 11) is -2.73. The lowest BCUT2D eigenvalue weighted by molar-refractivity contribution is -0.141. The first-order chi connectivity index (χ1) is 16.7. The van der Waals surface area contributed by atoms with Crippen LogP contribution < -0.4 is 15.8 Å². The Kier molecular flexibility index (Phi) is 7.98. The van der Waals surface area contributed by atoms with Crippen molar-refractivity contribution in [1.29, 1.82) is 0 Å². The van der Waals surface area contributed by atoms with Crippen molar-refractivity contribution < 1.29 is 27.0 Å². The molecule has 0 aliphatic carbocycles. The fraction of sp³-hybridized carbons (Fsp3) is 0.190. The molecular weight excluding hydrogens is 544 g/mol. The summed E-state index contributed by atoms with van der Waals surface area (Å²) >= 11 is 12.1. The number of rotatable bonds is 6. The first kappa shape index (κ1) is 27.5. The Balaban J connectivity index is 2.04. The number of nitrogens with two attached hydrogens (primary N) is 1.